The van der Waals surface area contributed by atoms with Gasteiger partial charge in [-0.15, -0.1) is 0 Å². The molecule has 1 unspecified atom stereocenters. The minimum Gasteiger partial charge on any atom is -0.495 e. The molecule has 0 aliphatic rings. The molecule has 0 amide bonds. The van der Waals surface area contributed by atoms with Gasteiger partial charge in [0.05, 0.1) is 25.4 Å². The van der Waals surface area contributed by atoms with Crippen LogP contribution in [0.15, 0.2) is 59.6 Å². The Morgan fingerprint density at radius 3 is 2.36 bits per heavy atom. The van der Waals surface area contributed by atoms with E-state index in [1.807, 2.05) is 30.3 Å². The van der Waals surface area contributed by atoms with Gasteiger partial charge < -0.3 is 15.8 Å². The smallest absolute Gasteiger partial charge is 0.193 e. The molecule has 0 saturated heterocycles. The Bertz CT molecular complexity index is 668. The zero-order chi connectivity index (χ0) is 18.1. The number of anilines is 1. The molecule has 0 radical (unpaired) electrons. The number of methoxy groups -OCH3 is 1. The predicted molar refractivity (Wildman–Crippen MR) is 105 cm³/mol. The van der Waals surface area contributed by atoms with E-state index in [0.29, 0.717) is 12.5 Å². The third-order valence-electron chi connectivity index (χ3n) is 4.24. The third-order valence-corrected chi connectivity index (χ3v) is 4.24. The molecule has 5 heteroatoms. The SMILES string of the molecule is CCN(CC)C(CN=C(N)Nc1ccccc1OC)c1ccccc1. The molecule has 2 aromatic rings. The highest BCUT2D eigenvalue weighted by Gasteiger charge is 2.17. The standard InChI is InChI=1S/C20H28N4O/c1-4-24(5-2)18(16-11-7-6-8-12-16)15-22-20(21)23-17-13-9-10-14-19(17)25-3/h6-14,18H,4-5,15H2,1-3H3,(H3,21,22,23). The average Bonchev–Trinajstić information content (AvgIpc) is 2.66. The number of hydrogen-bond donors (Lipinski definition) is 2. The highest BCUT2D eigenvalue weighted by molar-refractivity contribution is 5.93. The maximum Gasteiger partial charge on any atom is 0.193 e. The minimum atomic E-state index is 0.203. The molecule has 0 aliphatic heterocycles. The molecule has 0 aliphatic carbocycles. The first-order chi connectivity index (χ1) is 12.2. The number of hydrogen-bond acceptors (Lipinski definition) is 3. The van der Waals surface area contributed by atoms with E-state index in [1.54, 1.807) is 7.11 Å². The molecule has 2 rings (SSSR count). The summed E-state index contributed by atoms with van der Waals surface area (Å²) in [6.07, 6.45) is 0. The topological polar surface area (TPSA) is 62.9 Å². The third kappa shape index (κ3) is 5.22. The second kappa shape index (κ2) is 9.69. The van der Waals surface area contributed by atoms with Gasteiger partial charge in [-0.05, 0) is 30.8 Å². The van der Waals surface area contributed by atoms with Crippen molar-refractivity contribution in [3.63, 3.8) is 0 Å². The first kappa shape index (κ1) is 18.8. The monoisotopic (exact) mass is 340 g/mol. The number of rotatable bonds is 8. The number of likely N-dealkylation sites (N-methyl/N-ethyl adjacent to an activating group) is 1. The number of ether oxygens (including phenoxy) is 1. The van der Waals surface area contributed by atoms with Gasteiger partial charge in [-0.2, -0.15) is 0 Å². The largest absolute Gasteiger partial charge is 0.495 e. The van der Waals surface area contributed by atoms with E-state index in [-0.39, 0.29) is 6.04 Å². The molecule has 0 aromatic heterocycles. The molecule has 1 atom stereocenters. The molecule has 3 N–H and O–H groups in total. The van der Waals surface area contributed by atoms with Gasteiger partial charge in [0.2, 0.25) is 0 Å². The lowest BCUT2D eigenvalue weighted by Gasteiger charge is -2.29. The number of nitrogens with zero attached hydrogens (tertiary/aromatic N) is 2. The quantitative estimate of drug-likeness (QED) is 0.570. The van der Waals surface area contributed by atoms with Gasteiger partial charge in [-0.25, -0.2) is 0 Å². The fourth-order valence-corrected chi connectivity index (χ4v) is 2.88. The Kier molecular flexibility index (Phi) is 7.29. The molecule has 5 nitrogen and oxygen atoms in total. The summed E-state index contributed by atoms with van der Waals surface area (Å²) >= 11 is 0. The van der Waals surface area contributed by atoms with E-state index in [9.17, 15) is 0 Å². The number of para-hydroxylation sites is 2. The van der Waals surface area contributed by atoms with Crippen LogP contribution in [0.1, 0.15) is 25.5 Å². The lowest BCUT2D eigenvalue weighted by Crippen LogP contribution is -2.32. The van der Waals surface area contributed by atoms with Crippen molar-refractivity contribution >= 4 is 11.6 Å². The normalized spacial score (nSPS) is 12.9. The Balaban J connectivity index is 2.14. The van der Waals surface area contributed by atoms with Crippen LogP contribution >= 0.6 is 0 Å². The van der Waals surface area contributed by atoms with Crippen molar-refractivity contribution in [2.24, 2.45) is 10.7 Å². The van der Waals surface area contributed by atoms with Gasteiger partial charge in [0, 0.05) is 0 Å². The minimum absolute atomic E-state index is 0.203. The van der Waals surface area contributed by atoms with Gasteiger partial charge in [-0.3, -0.25) is 9.89 Å². The number of nitrogens with one attached hydrogen (secondary N) is 1. The summed E-state index contributed by atoms with van der Waals surface area (Å²) in [5, 5.41) is 3.13. The fraction of sp³-hybridized carbons (Fsp3) is 0.350. The summed E-state index contributed by atoms with van der Waals surface area (Å²) in [5.41, 5.74) is 8.16. The van der Waals surface area contributed by atoms with E-state index in [1.165, 1.54) is 5.56 Å². The summed E-state index contributed by atoms with van der Waals surface area (Å²) in [4.78, 5) is 6.96. The number of guanidine groups is 1. The van der Waals surface area contributed by atoms with Crippen LogP contribution < -0.4 is 15.8 Å². The van der Waals surface area contributed by atoms with E-state index in [4.69, 9.17) is 10.5 Å². The average molecular weight is 340 g/mol. The van der Waals surface area contributed by atoms with Crippen molar-refractivity contribution in [1.29, 1.82) is 0 Å². The molecule has 0 spiro atoms. The highest BCUT2D eigenvalue weighted by atomic mass is 16.5. The molecular formula is C20H28N4O. The van der Waals surface area contributed by atoms with Crippen LogP contribution in [0.4, 0.5) is 5.69 Å². The summed E-state index contributed by atoms with van der Waals surface area (Å²) in [6.45, 7) is 6.86. The number of benzene rings is 2. The zero-order valence-corrected chi connectivity index (χ0v) is 15.3. The van der Waals surface area contributed by atoms with Crippen LogP contribution in [-0.4, -0.2) is 37.6 Å². The predicted octanol–water partition coefficient (Wildman–Crippen LogP) is 3.50. The lowest BCUT2D eigenvalue weighted by molar-refractivity contribution is 0.224. The second-order valence-corrected chi connectivity index (χ2v) is 5.70. The highest BCUT2D eigenvalue weighted by Crippen LogP contribution is 2.23. The summed E-state index contributed by atoms with van der Waals surface area (Å²) < 4.78 is 5.33. The molecular weight excluding hydrogens is 312 g/mol. The van der Waals surface area contributed by atoms with Crippen LogP contribution in [0.25, 0.3) is 0 Å². The maximum atomic E-state index is 6.10. The Morgan fingerprint density at radius 1 is 1.08 bits per heavy atom. The van der Waals surface area contributed by atoms with Crippen LogP contribution in [0.2, 0.25) is 0 Å². The molecule has 0 saturated carbocycles. The van der Waals surface area contributed by atoms with Crippen molar-refractivity contribution in [1.82, 2.24) is 4.90 Å². The van der Waals surface area contributed by atoms with Gasteiger partial charge in [0.15, 0.2) is 5.96 Å². The molecule has 2 aromatic carbocycles. The Hall–Kier alpha value is -2.53. The first-order valence-corrected chi connectivity index (χ1v) is 8.68. The summed E-state index contributed by atoms with van der Waals surface area (Å²) in [5.74, 6) is 1.13. The van der Waals surface area contributed by atoms with Crippen LogP contribution in [-0.2, 0) is 0 Å². The van der Waals surface area contributed by atoms with Gasteiger partial charge in [0.25, 0.3) is 0 Å². The molecule has 0 fully saturated rings. The van der Waals surface area contributed by atoms with Gasteiger partial charge in [0.1, 0.15) is 5.75 Å². The van der Waals surface area contributed by atoms with Gasteiger partial charge >= 0.3 is 0 Å². The Morgan fingerprint density at radius 2 is 1.72 bits per heavy atom. The van der Waals surface area contributed by atoms with E-state index in [2.05, 4.69) is 53.3 Å². The van der Waals surface area contributed by atoms with Crippen molar-refractivity contribution < 1.29 is 4.74 Å². The van der Waals surface area contributed by atoms with E-state index in [0.717, 1.165) is 24.5 Å². The van der Waals surface area contributed by atoms with Crippen molar-refractivity contribution in [3.8, 4) is 5.75 Å². The zero-order valence-electron chi connectivity index (χ0n) is 15.3. The van der Waals surface area contributed by atoms with Crippen molar-refractivity contribution in [2.75, 3.05) is 32.1 Å². The number of nitrogens with two attached hydrogens (primary N) is 1. The van der Waals surface area contributed by atoms with Crippen LogP contribution in [0, 0.1) is 0 Å². The fourth-order valence-electron chi connectivity index (χ4n) is 2.88. The molecule has 0 heterocycles. The Labute approximate surface area is 150 Å². The summed E-state index contributed by atoms with van der Waals surface area (Å²) in [6, 6.07) is 18.3. The van der Waals surface area contributed by atoms with Gasteiger partial charge in [-0.1, -0.05) is 56.3 Å². The summed E-state index contributed by atoms with van der Waals surface area (Å²) in [7, 11) is 1.64. The second-order valence-electron chi connectivity index (χ2n) is 5.70. The molecule has 0 bridgehead atoms. The van der Waals surface area contributed by atoms with E-state index >= 15 is 0 Å². The van der Waals surface area contributed by atoms with E-state index < -0.39 is 0 Å². The maximum absolute atomic E-state index is 6.10. The number of aliphatic imine (C=N–C) groups is 1. The molecule has 25 heavy (non-hydrogen) atoms. The van der Waals surface area contributed by atoms with Crippen LogP contribution in [0.3, 0.4) is 0 Å². The van der Waals surface area contributed by atoms with Crippen LogP contribution in [0.5, 0.6) is 5.75 Å². The molecule has 134 valence electrons. The first-order valence-electron chi connectivity index (χ1n) is 8.68. The lowest BCUT2D eigenvalue weighted by atomic mass is 10.1. The van der Waals surface area contributed by atoms with Crippen molar-refractivity contribution in [2.45, 2.75) is 19.9 Å². The van der Waals surface area contributed by atoms with Crippen molar-refractivity contribution in [3.05, 3.63) is 60.2 Å².